The fraction of sp³-hybridized carbons (Fsp3) is 0.154. The Balaban J connectivity index is 1.92. The molecule has 0 amide bonds. The SMILES string of the molecule is COc1cc2c(-c3cc4c(C=O)ccnc4n3S(=O)(=O)c3ccccc3C)cn(C)c2cc1OC. The summed E-state index contributed by atoms with van der Waals surface area (Å²) in [5.74, 6) is 1.08. The van der Waals surface area contributed by atoms with Crippen molar-refractivity contribution in [1.82, 2.24) is 13.5 Å². The normalized spacial score (nSPS) is 11.8. The summed E-state index contributed by atoms with van der Waals surface area (Å²) in [6.07, 6.45) is 3.99. The number of rotatable bonds is 6. The van der Waals surface area contributed by atoms with E-state index in [-0.39, 0.29) is 10.5 Å². The van der Waals surface area contributed by atoms with Gasteiger partial charge < -0.3 is 14.0 Å². The van der Waals surface area contributed by atoms with Gasteiger partial charge in [0.05, 0.1) is 30.3 Å². The molecular weight excluding hydrogens is 466 g/mol. The van der Waals surface area contributed by atoms with Crippen LogP contribution in [0.15, 0.2) is 65.8 Å². The van der Waals surface area contributed by atoms with E-state index in [0.717, 1.165) is 10.9 Å². The topological polar surface area (TPSA) is 92.4 Å². The molecule has 8 nitrogen and oxygen atoms in total. The number of aromatic nitrogens is 3. The predicted octanol–water partition coefficient (Wildman–Crippen LogP) is 4.57. The molecule has 0 spiro atoms. The van der Waals surface area contributed by atoms with Gasteiger partial charge >= 0.3 is 0 Å². The first-order chi connectivity index (χ1) is 16.8. The molecule has 0 unspecified atom stereocenters. The standard InChI is InChI=1S/C26H23N3O5S/c1-16-7-5-6-8-25(16)35(31,32)29-22(11-18-17(15-30)9-10-27-26(18)29)20-14-28(2)21-13-24(34-4)23(33-3)12-19(20)21/h5-15H,1-4H3. The third kappa shape index (κ3) is 3.38. The molecule has 0 N–H and O–H groups in total. The van der Waals surface area contributed by atoms with Crippen LogP contribution in [0.1, 0.15) is 15.9 Å². The zero-order chi connectivity index (χ0) is 24.9. The largest absolute Gasteiger partial charge is 0.493 e. The summed E-state index contributed by atoms with van der Waals surface area (Å²) in [5, 5.41) is 1.22. The van der Waals surface area contributed by atoms with Gasteiger partial charge in [0, 0.05) is 47.4 Å². The number of hydrogen-bond acceptors (Lipinski definition) is 6. The smallest absolute Gasteiger partial charge is 0.270 e. The van der Waals surface area contributed by atoms with Crippen molar-refractivity contribution < 1.29 is 22.7 Å². The van der Waals surface area contributed by atoms with Gasteiger partial charge in [-0.1, -0.05) is 18.2 Å². The van der Waals surface area contributed by atoms with Crippen molar-refractivity contribution in [3.8, 4) is 22.8 Å². The maximum absolute atomic E-state index is 14.1. The van der Waals surface area contributed by atoms with Crippen LogP contribution < -0.4 is 9.47 Å². The highest BCUT2D eigenvalue weighted by molar-refractivity contribution is 7.90. The van der Waals surface area contributed by atoms with E-state index in [1.807, 2.05) is 29.9 Å². The number of aryl methyl sites for hydroxylation is 2. The van der Waals surface area contributed by atoms with Crippen LogP contribution in [0.2, 0.25) is 0 Å². The Bertz CT molecular complexity index is 1730. The minimum absolute atomic E-state index is 0.163. The Labute approximate surface area is 202 Å². The number of methoxy groups -OCH3 is 2. The second-order valence-electron chi connectivity index (χ2n) is 8.20. The maximum Gasteiger partial charge on any atom is 0.270 e. The number of carbonyl (C=O) groups is 1. The first kappa shape index (κ1) is 22.7. The molecule has 0 atom stereocenters. The van der Waals surface area contributed by atoms with Crippen LogP contribution >= 0.6 is 0 Å². The molecule has 0 aliphatic rings. The highest BCUT2D eigenvalue weighted by atomic mass is 32.2. The second kappa shape index (κ2) is 8.28. The van der Waals surface area contributed by atoms with Crippen molar-refractivity contribution in [1.29, 1.82) is 0 Å². The third-order valence-electron chi connectivity index (χ3n) is 6.20. The summed E-state index contributed by atoms with van der Waals surface area (Å²) >= 11 is 0. The van der Waals surface area contributed by atoms with Gasteiger partial charge in [-0.05, 0) is 36.8 Å². The van der Waals surface area contributed by atoms with Crippen LogP contribution in [0.4, 0.5) is 0 Å². The highest BCUT2D eigenvalue weighted by Crippen LogP contribution is 2.41. The third-order valence-corrected chi connectivity index (χ3v) is 8.07. The van der Waals surface area contributed by atoms with Crippen molar-refractivity contribution in [2.45, 2.75) is 11.8 Å². The average Bonchev–Trinajstić information content (AvgIpc) is 3.41. The summed E-state index contributed by atoms with van der Waals surface area (Å²) in [7, 11) is 0.909. The molecule has 178 valence electrons. The van der Waals surface area contributed by atoms with E-state index < -0.39 is 10.0 Å². The van der Waals surface area contributed by atoms with Gasteiger partial charge in [0.2, 0.25) is 0 Å². The molecule has 3 heterocycles. The Morgan fingerprint density at radius 3 is 2.37 bits per heavy atom. The number of benzene rings is 2. The van der Waals surface area contributed by atoms with Crippen LogP contribution in [0.3, 0.4) is 0 Å². The van der Waals surface area contributed by atoms with Crippen molar-refractivity contribution >= 4 is 38.2 Å². The van der Waals surface area contributed by atoms with E-state index in [4.69, 9.17) is 9.47 Å². The van der Waals surface area contributed by atoms with Crippen molar-refractivity contribution in [3.05, 3.63) is 72.1 Å². The number of hydrogen-bond donors (Lipinski definition) is 0. The van der Waals surface area contributed by atoms with E-state index >= 15 is 0 Å². The lowest BCUT2D eigenvalue weighted by atomic mass is 10.1. The fourth-order valence-electron chi connectivity index (χ4n) is 4.49. The van der Waals surface area contributed by atoms with Gasteiger partial charge in [-0.2, -0.15) is 0 Å². The molecule has 0 aliphatic carbocycles. The van der Waals surface area contributed by atoms with Crippen molar-refractivity contribution in [2.75, 3.05) is 14.2 Å². The highest BCUT2D eigenvalue weighted by Gasteiger charge is 2.28. The summed E-state index contributed by atoms with van der Waals surface area (Å²) in [4.78, 5) is 16.3. The monoisotopic (exact) mass is 489 g/mol. The van der Waals surface area contributed by atoms with Crippen LogP contribution in [-0.4, -0.2) is 42.4 Å². The fourth-order valence-corrected chi connectivity index (χ4v) is 6.19. The summed E-state index contributed by atoms with van der Waals surface area (Å²) in [6.45, 7) is 1.75. The number of nitrogens with zero attached hydrogens (tertiary/aromatic N) is 3. The van der Waals surface area contributed by atoms with E-state index in [0.29, 0.717) is 45.6 Å². The minimum Gasteiger partial charge on any atom is -0.493 e. The zero-order valence-corrected chi connectivity index (χ0v) is 20.5. The lowest BCUT2D eigenvalue weighted by Crippen LogP contribution is -2.16. The molecule has 35 heavy (non-hydrogen) atoms. The quantitative estimate of drug-likeness (QED) is 0.325. The summed E-state index contributed by atoms with van der Waals surface area (Å²) in [6, 6.07) is 13.7. The number of pyridine rings is 1. The Hall–Kier alpha value is -4.11. The van der Waals surface area contributed by atoms with Gasteiger partial charge in [0.1, 0.15) is 0 Å². The Morgan fingerprint density at radius 2 is 1.69 bits per heavy atom. The Morgan fingerprint density at radius 1 is 0.971 bits per heavy atom. The minimum atomic E-state index is -4.07. The first-order valence-electron chi connectivity index (χ1n) is 10.8. The molecule has 2 aromatic carbocycles. The van der Waals surface area contributed by atoms with Crippen LogP contribution in [0.5, 0.6) is 11.5 Å². The molecule has 0 bridgehead atoms. The molecule has 9 heteroatoms. The lowest BCUT2D eigenvalue weighted by Gasteiger charge is -2.13. The maximum atomic E-state index is 14.1. The Kier molecular flexibility index (Phi) is 5.36. The number of ether oxygens (including phenoxy) is 2. The molecule has 0 radical (unpaired) electrons. The van der Waals surface area contributed by atoms with Crippen LogP contribution in [0, 0.1) is 6.92 Å². The van der Waals surface area contributed by atoms with Crippen LogP contribution in [0.25, 0.3) is 33.2 Å². The van der Waals surface area contributed by atoms with E-state index in [2.05, 4.69) is 4.98 Å². The van der Waals surface area contributed by atoms with E-state index in [9.17, 15) is 13.2 Å². The number of aldehydes is 1. The second-order valence-corrected chi connectivity index (χ2v) is 9.95. The van der Waals surface area contributed by atoms with Crippen molar-refractivity contribution in [2.24, 2.45) is 7.05 Å². The van der Waals surface area contributed by atoms with Gasteiger partial charge in [-0.3, -0.25) is 4.79 Å². The zero-order valence-electron chi connectivity index (χ0n) is 19.6. The summed E-state index contributed by atoms with van der Waals surface area (Å²) < 4.78 is 42.2. The molecular formula is C26H23N3O5S. The van der Waals surface area contributed by atoms with E-state index in [1.54, 1.807) is 57.5 Å². The molecule has 0 saturated carbocycles. The lowest BCUT2D eigenvalue weighted by molar-refractivity contribution is 0.112. The first-order valence-corrected chi connectivity index (χ1v) is 12.2. The molecule has 0 fully saturated rings. The molecule has 3 aromatic heterocycles. The van der Waals surface area contributed by atoms with Gasteiger partial charge in [-0.15, -0.1) is 0 Å². The van der Waals surface area contributed by atoms with Crippen molar-refractivity contribution in [3.63, 3.8) is 0 Å². The predicted molar refractivity (Wildman–Crippen MR) is 134 cm³/mol. The summed E-state index contributed by atoms with van der Waals surface area (Å²) in [5.41, 5.74) is 3.01. The van der Waals surface area contributed by atoms with E-state index in [1.165, 1.54) is 10.2 Å². The van der Waals surface area contributed by atoms with Gasteiger partial charge in [0.25, 0.3) is 10.0 Å². The number of carbonyl (C=O) groups excluding carboxylic acids is 1. The molecule has 0 saturated heterocycles. The van der Waals surface area contributed by atoms with Crippen LogP contribution in [-0.2, 0) is 17.1 Å². The van der Waals surface area contributed by atoms with Gasteiger partial charge in [0.15, 0.2) is 23.4 Å². The molecule has 0 aliphatic heterocycles. The average molecular weight is 490 g/mol. The molecule has 5 rings (SSSR count). The molecule has 5 aromatic rings. The van der Waals surface area contributed by atoms with Gasteiger partial charge in [-0.25, -0.2) is 17.4 Å². The number of fused-ring (bicyclic) bond motifs is 2.